The van der Waals surface area contributed by atoms with Gasteiger partial charge in [0.25, 0.3) is 0 Å². The van der Waals surface area contributed by atoms with Gasteiger partial charge in [0.05, 0.1) is 18.2 Å². The standard InChI is InChI=1S/C27H38ClN5O4/c1-6-13-33-21(18-31-14-8-15-32(17-16-31)26(36)30-27(3,4)5)22(24(34)37-7-2)23(29-25(33)35)19-9-11-20(28)12-10-19/h6,9-12,23H,1,7-8,13-18H2,2-5H3,(H,29,35)(H,30,36)/t23-/m0/s1. The van der Waals surface area contributed by atoms with Crippen LogP contribution in [0.1, 0.15) is 45.7 Å². The molecule has 0 spiro atoms. The first-order chi connectivity index (χ1) is 17.5. The molecule has 0 radical (unpaired) electrons. The predicted octanol–water partition coefficient (Wildman–Crippen LogP) is 3.93. The molecule has 2 aliphatic heterocycles. The molecule has 2 N–H and O–H groups in total. The highest BCUT2D eigenvalue weighted by Gasteiger charge is 2.38. The third kappa shape index (κ3) is 7.49. The molecule has 0 unspecified atom stereocenters. The van der Waals surface area contributed by atoms with Gasteiger partial charge in [-0.05, 0) is 51.8 Å². The number of carbonyl (C=O) groups excluding carboxylic acids is 3. The molecule has 1 fully saturated rings. The molecule has 1 saturated heterocycles. The van der Waals surface area contributed by atoms with Crippen molar-refractivity contribution in [1.29, 1.82) is 0 Å². The second-order valence-electron chi connectivity index (χ2n) is 10.2. The molecule has 202 valence electrons. The Morgan fingerprint density at radius 3 is 2.51 bits per heavy atom. The first kappa shape index (κ1) is 28.5. The van der Waals surface area contributed by atoms with Gasteiger partial charge in [0.15, 0.2) is 0 Å². The zero-order chi connectivity index (χ0) is 27.2. The molecule has 0 bridgehead atoms. The number of ether oxygens (including phenoxy) is 1. The molecule has 0 aliphatic carbocycles. The Kier molecular flexibility index (Phi) is 9.62. The van der Waals surface area contributed by atoms with Crippen molar-refractivity contribution in [3.63, 3.8) is 0 Å². The molecule has 1 aromatic carbocycles. The van der Waals surface area contributed by atoms with Gasteiger partial charge in [-0.2, -0.15) is 0 Å². The van der Waals surface area contributed by atoms with Crippen LogP contribution in [-0.2, 0) is 9.53 Å². The maximum Gasteiger partial charge on any atom is 0.338 e. The van der Waals surface area contributed by atoms with E-state index in [2.05, 4.69) is 22.1 Å². The number of urea groups is 2. The number of carbonyl (C=O) groups is 3. The van der Waals surface area contributed by atoms with E-state index in [0.717, 1.165) is 12.0 Å². The van der Waals surface area contributed by atoms with Gasteiger partial charge in [-0.3, -0.25) is 9.80 Å². The average molecular weight is 532 g/mol. The van der Waals surface area contributed by atoms with Crippen LogP contribution < -0.4 is 10.6 Å². The Hall–Kier alpha value is -3.04. The largest absolute Gasteiger partial charge is 0.463 e. The molecular formula is C27H38ClN5O4. The molecule has 2 heterocycles. The smallest absolute Gasteiger partial charge is 0.338 e. The van der Waals surface area contributed by atoms with Crippen LogP contribution in [0.4, 0.5) is 9.59 Å². The average Bonchev–Trinajstić information content (AvgIpc) is 3.06. The second-order valence-corrected chi connectivity index (χ2v) is 10.6. The summed E-state index contributed by atoms with van der Waals surface area (Å²) in [6.45, 7) is 14.7. The Morgan fingerprint density at radius 2 is 1.89 bits per heavy atom. The van der Waals surface area contributed by atoms with E-state index < -0.39 is 12.0 Å². The molecular weight excluding hydrogens is 494 g/mol. The summed E-state index contributed by atoms with van der Waals surface area (Å²) in [5.74, 6) is -0.479. The van der Waals surface area contributed by atoms with Gasteiger partial charge in [-0.1, -0.05) is 29.8 Å². The highest BCUT2D eigenvalue weighted by atomic mass is 35.5. The fraction of sp³-hybridized carbons (Fsp3) is 0.519. The highest BCUT2D eigenvalue weighted by molar-refractivity contribution is 6.30. The van der Waals surface area contributed by atoms with Gasteiger partial charge in [0, 0.05) is 55.5 Å². The van der Waals surface area contributed by atoms with Crippen molar-refractivity contribution in [3.8, 4) is 0 Å². The lowest BCUT2D eigenvalue weighted by molar-refractivity contribution is -0.139. The van der Waals surface area contributed by atoms with Crippen molar-refractivity contribution in [2.45, 2.75) is 45.7 Å². The van der Waals surface area contributed by atoms with Gasteiger partial charge < -0.3 is 20.3 Å². The van der Waals surface area contributed by atoms with E-state index in [1.807, 2.05) is 25.7 Å². The summed E-state index contributed by atoms with van der Waals surface area (Å²) in [7, 11) is 0. The van der Waals surface area contributed by atoms with Crippen LogP contribution in [0.2, 0.25) is 5.02 Å². The zero-order valence-electron chi connectivity index (χ0n) is 22.2. The summed E-state index contributed by atoms with van der Waals surface area (Å²) in [4.78, 5) is 44.8. The summed E-state index contributed by atoms with van der Waals surface area (Å²) in [6.07, 6.45) is 2.40. The molecule has 2 aliphatic rings. The number of rotatable bonds is 7. The minimum absolute atomic E-state index is 0.0890. The summed E-state index contributed by atoms with van der Waals surface area (Å²) < 4.78 is 5.45. The number of halogens is 1. The minimum Gasteiger partial charge on any atom is -0.463 e. The third-order valence-corrected chi connectivity index (χ3v) is 6.43. The second kappa shape index (κ2) is 12.5. The van der Waals surface area contributed by atoms with Gasteiger partial charge in [0.1, 0.15) is 0 Å². The summed E-state index contributed by atoms with van der Waals surface area (Å²) >= 11 is 6.09. The van der Waals surface area contributed by atoms with Crippen molar-refractivity contribution in [2.75, 3.05) is 45.9 Å². The lowest BCUT2D eigenvalue weighted by Crippen LogP contribution is -2.51. The van der Waals surface area contributed by atoms with Crippen molar-refractivity contribution in [1.82, 2.24) is 25.3 Å². The minimum atomic E-state index is -0.680. The van der Waals surface area contributed by atoms with Crippen LogP contribution in [0.3, 0.4) is 0 Å². The molecule has 1 atom stereocenters. The Balaban J connectivity index is 1.94. The van der Waals surface area contributed by atoms with E-state index >= 15 is 0 Å². The van der Waals surface area contributed by atoms with Crippen molar-refractivity contribution < 1.29 is 19.1 Å². The lowest BCUT2D eigenvalue weighted by Gasteiger charge is -2.38. The first-order valence-corrected chi connectivity index (χ1v) is 13.1. The molecule has 0 aromatic heterocycles. The van der Waals surface area contributed by atoms with Crippen LogP contribution in [-0.4, -0.2) is 84.1 Å². The molecule has 1 aromatic rings. The monoisotopic (exact) mass is 531 g/mol. The van der Waals surface area contributed by atoms with E-state index in [4.69, 9.17) is 16.3 Å². The maximum absolute atomic E-state index is 13.3. The molecule has 10 heteroatoms. The normalized spacial score (nSPS) is 19.3. The van der Waals surface area contributed by atoms with Gasteiger partial charge in [0.2, 0.25) is 0 Å². The summed E-state index contributed by atoms with van der Waals surface area (Å²) in [6, 6.07) is 5.97. The topological polar surface area (TPSA) is 94.2 Å². The van der Waals surface area contributed by atoms with Crippen LogP contribution in [0.25, 0.3) is 0 Å². The van der Waals surface area contributed by atoms with E-state index in [9.17, 15) is 14.4 Å². The maximum atomic E-state index is 13.3. The highest BCUT2D eigenvalue weighted by Crippen LogP contribution is 2.33. The van der Waals surface area contributed by atoms with Crippen LogP contribution in [0.15, 0.2) is 48.2 Å². The Bertz CT molecular complexity index is 1030. The Morgan fingerprint density at radius 1 is 1.19 bits per heavy atom. The van der Waals surface area contributed by atoms with Crippen molar-refractivity contribution >= 4 is 29.6 Å². The number of nitrogens with zero attached hydrogens (tertiary/aromatic N) is 3. The fourth-order valence-electron chi connectivity index (χ4n) is 4.49. The van der Waals surface area contributed by atoms with Crippen LogP contribution in [0, 0.1) is 0 Å². The van der Waals surface area contributed by atoms with Gasteiger partial charge in [-0.25, -0.2) is 14.4 Å². The quantitative estimate of drug-likeness (QED) is 0.411. The Labute approximate surface area is 224 Å². The van der Waals surface area contributed by atoms with Crippen molar-refractivity contribution in [3.05, 3.63) is 58.8 Å². The number of amides is 4. The fourth-order valence-corrected chi connectivity index (χ4v) is 4.62. The number of esters is 1. The SMILES string of the molecule is C=CCN1C(=O)N[C@@H](c2ccc(Cl)cc2)C(C(=O)OCC)=C1CN1CCCN(C(=O)NC(C)(C)C)CC1. The number of nitrogens with one attached hydrogen (secondary N) is 2. The molecule has 37 heavy (non-hydrogen) atoms. The molecule has 4 amide bonds. The summed E-state index contributed by atoms with van der Waals surface area (Å²) in [5.41, 5.74) is 1.38. The van der Waals surface area contributed by atoms with E-state index in [0.29, 0.717) is 49.0 Å². The number of hydrogen-bond donors (Lipinski definition) is 2. The van der Waals surface area contributed by atoms with E-state index in [-0.39, 0.29) is 30.8 Å². The number of benzene rings is 1. The first-order valence-electron chi connectivity index (χ1n) is 12.7. The molecule has 0 saturated carbocycles. The number of hydrogen-bond acceptors (Lipinski definition) is 5. The van der Waals surface area contributed by atoms with Gasteiger partial charge in [-0.15, -0.1) is 6.58 Å². The van der Waals surface area contributed by atoms with Gasteiger partial charge >= 0.3 is 18.0 Å². The third-order valence-electron chi connectivity index (χ3n) is 6.18. The molecule has 3 rings (SSSR count). The lowest BCUT2D eigenvalue weighted by atomic mass is 9.94. The summed E-state index contributed by atoms with van der Waals surface area (Å²) in [5, 5.41) is 6.54. The van der Waals surface area contributed by atoms with Crippen LogP contribution >= 0.6 is 11.6 Å². The van der Waals surface area contributed by atoms with E-state index in [1.54, 1.807) is 42.2 Å². The van der Waals surface area contributed by atoms with Crippen molar-refractivity contribution in [2.24, 2.45) is 0 Å². The zero-order valence-corrected chi connectivity index (χ0v) is 22.9. The van der Waals surface area contributed by atoms with E-state index in [1.165, 1.54) is 0 Å². The molecule has 9 nitrogen and oxygen atoms in total. The predicted molar refractivity (Wildman–Crippen MR) is 144 cm³/mol. The van der Waals surface area contributed by atoms with Crippen LogP contribution in [0.5, 0.6) is 0 Å².